The average Bonchev–Trinajstić information content (AvgIpc) is 3.16. The molecule has 2 rings (SSSR count). The predicted molar refractivity (Wildman–Crippen MR) is 74.8 cm³/mol. The Morgan fingerprint density at radius 1 is 1.26 bits per heavy atom. The van der Waals surface area contributed by atoms with E-state index in [2.05, 4.69) is 20.8 Å². The molecule has 0 amide bonds. The lowest BCUT2D eigenvalue weighted by atomic mass is 9.87. The van der Waals surface area contributed by atoms with Gasteiger partial charge in [-0.25, -0.2) is 0 Å². The van der Waals surface area contributed by atoms with Crippen LogP contribution in [0.3, 0.4) is 0 Å². The number of epoxide rings is 1. The van der Waals surface area contributed by atoms with Gasteiger partial charge in [0.1, 0.15) is 0 Å². The van der Waals surface area contributed by atoms with Crippen molar-refractivity contribution < 1.29 is 14.3 Å². The average molecular weight is 268 g/mol. The minimum absolute atomic E-state index is 0.0155. The number of rotatable bonds is 7. The van der Waals surface area contributed by atoms with E-state index < -0.39 is 0 Å². The van der Waals surface area contributed by atoms with Gasteiger partial charge in [-0.15, -0.1) is 0 Å². The minimum atomic E-state index is -0.0155. The topological polar surface area (TPSA) is 38.8 Å². The first-order valence-corrected chi connectivity index (χ1v) is 7.95. The molecule has 2 fully saturated rings. The molecular weight excluding hydrogens is 240 g/mol. The van der Waals surface area contributed by atoms with Crippen molar-refractivity contribution in [3.05, 3.63) is 0 Å². The van der Waals surface area contributed by atoms with Gasteiger partial charge in [0, 0.05) is 6.42 Å². The molecule has 110 valence electrons. The number of esters is 1. The van der Waals surface area contributed by atoms with Crippen molar-refractivity contribution in [2.24, 2.45) is 17.8 Å². The molecule has 1 saturated heterocycles. The van der Waals surface area contributed by atoms with Gasteiger partial charge in [-0.1, -0.05) is 33.6 Å². The van der Waals surface area contributed by atoms with Gasteiger partial charge in [0.25, 0.3) is 0 Å². The lowest BCUT2D eigenvalue weighted by Crippen LogP contribution is -2.22. The fraction of sp³-hybridized carbons (Fsp3) is 0.938. The zero-order valence-electron chi connectivity index (χ0n) is 12.6. The van der Waals surface area contributed by atoms with Gasteiger partial charge < -0.3 is 9.47 Å². The summed E-state index contributed by atoms with van der Waals surface area (Å²) in [4.78, 5) is 11.9. The fourth-order valence-corrected chi connectivity index (χ4v) is 3.43. The van der Waals surface area contributed by atoms with E-state index in [1.807, 2.05) is 0 Å². The molecule has 0 bridgehead atoms. The van der Waals surface area contributed by atoms with Crippen LogP contribution in [0.15, 0.2) is 0 Å². The lowest BCUT2D eigenvalue weighted by Gasteiger charge is -2.22. The Bertz CT molecular complexity index is 298. The summed E-state index contributed by atoms with van der Waals surface area (Å²) in [5.74, 6) is 1.59. The SMILES string of the molecule is CCC(CC)C(C)CC(=O)OCC1CCC2OC2C1. The van der Waals surface area contributed by atoms with Gasteiger partial charge in [0.05, 0.1) is 18.8 Å². The number of hydrogen-bond donors (Lipinski definition) is 0. The summed E-state index contributed by atoms with van der Waals surface area (Å²) in [6.07, 6.45) is 7.25. The van der Waals surface area contributed by atoms with Crippen LogP contribution in [0.4, 0.5) is 0 Å². The molecule has 1 aliphatic carbocycles. The van der Waals surface area contributed by atoms with E-state index in [0.29, 0.717) is 43.0 Å². The highest BCUT2D eigenvalue weighted by molar-refractivity contribution is 5.69. The molecule has 1 aliphatic heterocycles. The highest BCUT2D eigenvalue weighted by Gasteiger charge is 2.43. The summed E-state index contributed by atoms with van der Waals surface area (Å²) in [5.41, 5.74) is 0. The van der Waals surface area contributed by atoms with Crippen LogP contribution in [0.5, 0.6) is 0 Å². The molecule has 0 N–H and O–H groups in total. The molecule has 2 aliphatic rings. The van der Waals surface area contributed by atoms with Gasteiger partial charge >= 0.3 is 5.97 Å². The van der Waals surface area contributed by atoms with Crippen molar-refractivity contribution in [2.75, 3.05) is 6.61 Å². The number of carbonyl (C=O) groups excluding carboxylic acids is 1. The van der Waals surface area contributed by atoms with E-state index in [4.69, 9.17) is 9.47 Å². The van der Waals surface area contributed by atoms with Crippen LogP contribution in [-0.4, -0.2) is 24.8 Å². The van der Waals surface area contributed by atoms with E-state index in [-0.39, 0.29) is 5.97 Å². The van der Waals surface area contributed by atoms with E-state index >= 15 is 0 Å². The number of hydrogen-bond acceptors (Lipinski definition) is 3. The number of carbonyl (C=O) groups is 1. The molecule has 4 atom stereocenters. The maximum Gasteiger partial charge on any atom is 0.306 e. The largest absolute Gasteiger partial charge is 0.465 e. The summed E-state index contributed by atoms with van der Waals surface area (Å²) in [6, 6.07) is 0. The molecule has 3 heteroatoms. The van der Waals surface area contributed by atoms with Crippen LogP contribution >= 0.6 is 0 Å². The van der Waals surface area contributed by atoms with Crippen molar-refractivity contribution in [2.45, 2.75) is 71.5 Å². The summed E-state index contributed by atoms with van der Waals surface area (Å²) in [6.45, 7) is 7.16. The Hall–Kier alpha value is -0.570. The van der Waals surface area contributed by atoms with Gasteiger partial charge in [0.2, 0.25) is 0 Å². The zero-order valence-corrected chi connectivity index (χ0v) is 12.6. The normalized spacial score (nSPS) is 30.8. The molecule has 19 heavy (non-hydrogen) atoms. The van der Waals surface area contributed by atoms with Crippen molar-refractivity contribution in [3.63, 3.8) is 0 Å². The summed E-state index contributed by atoms with van der Waals surface area (Å²) < 4.78 is 11.0. The molecule has 0 spiro atoms. The third kappa shape index (κ3) is 4.20. The summed E-state index contributed by atoms with van der Waals surface area (Å²) in [5, 5.41) is 0. The third-order valence-electron chi connectivity index (χ3n) is 4.93. The van der Waals surface area contributed by atoms with Crippen LogP contribution in [0, 0.1) is 17.8 Å². The van der Waals surface area contributed by atoms with Crippen LogP contribution in [0.2, 0.25) is 0 Å². The quantitative estimate of drug-likeness (QED) is 0.523. The standard InChI is InChI=1S/C16H28O3/c1-4-13(5-2)11(3)8-16(17)18-10-12-6-7-14-15(9-12)19-14/h11-15H,4-10H2,1-3H3. The monoisotopic (exact) mass is 268 g/mol. The van der Waals surface area contributed by atoms with E-state index in [0.717, 1.165) is 32.1 Å². The fourth-order valence-electron chi connectivity index (χ4n) is 3.43. The highest BCUT2D eigenvalue weighted by Crippen LogP contribution is 2.39. The second kappa shape index (κ2) is 6.74. The highest BCUT2D eigenvalue weighted by atomic mass is 16.6. The maximum atomic E-state index is 11.9. The Kier molecular flexibility index (Phi) is 5.26. The second-order valence-electron chi connectivity index (χ2n) is 6.33. The van der Waals surface area contributed by atoms with E-state index in [1.54, 1.807) is 0 Å². The first-order valence-electron chi connectivity index (χ1n) is 7.95. The Morgan fingerprint density at radius 3 is 2.63 bits per heavy atom. The first kappa shape index (κ1) is 14.8. The molecule has 1 saturated carbocycles. The second-order valence-corrected chi connectivity index (χ2v) is 6.33. The molecule has 0 radical (unpaired) electrons. The molecule has 0 aromatic carbocycles. The van der Waals surface area contributed by atoms with E-state index in [1.165, 1.54) is 0 Å². The molecule has 4 unspecified atom stereocenters. The van der Waals surface area contributed by atoms with Gasteiger partial charge in [-0.3, -0.25) is 4.79 Å². The minimum Gasteiger partial charge on any atom is -0.465 e. The maximum absolute atomic E-state index is 11.9. The Balaban J connectivity index is 1.63. The van der Waals surface area contributed by atoms with Crippen molar-refractivity contribution in [1.82, 2.24) is 0 Å². The lowest BCUT2D eigenvalue weighted by molar-refractivity contribution is -0.146. The molecule has 0 aromatic rings. The number of fused-ring (bicyclic) bond motifs is 1. The zero-order chi connectivity index (χ0) is 13.8. The van der Waals surface area contributed by atoms with Gasteiger partial charge in [0.15, 0.2) is 0 Å². The van der Waals surface area contributed by atoms with Crippen LogP contribution in [0.25, 0.3) is 0 Å². The smallest absolute Gasteiger partial charge is 0.306 e. The Labute approximate surface area is 117 Å². The van der Waals surface area contributed by atoms with Crippen molar-refractivity contribution in [1.29, 1.82) is 0 Å². The third-order valence-corrected chi connectivity index (χ3v) is 4.93. The van der Waals surface area contributed by atoms with Crippen LogP contribution in [-0.2, 0) is 14.3 Å². The molecule has 3 nitrogen and oxygen atoms in total. The summed E-state index contributed by atoms with van der Waals surface area (Å²) >= 11 is 0. The first-order chi connectivity index (χ1) is 9.13. The van der Waals surface area contributed by atoms with Gasteiger partial charge in [-0.2, -0.15) is 0 Å². The van der Waals surface area contributed by atoms with E-state index in [9.17, 15) is 4.79 Å². The van der Waals surface area contributed by atoms with Gasteiger partial charge in [-0.05, 0) is 37.0 Å². The summed E-state index contributed by atoms with van der Waals surface area (Å²) in [7, 11) is 0. The Morgan fingerprint density at radius 2 is 2.00 bits per heavy atom. The molecular formula is C16H28O3. The molecule has 0 aromatic heterocycles. The van der Waals surface area contributed by atoms with Crippen molar-refractivity contribution >= 4 is 5.97 Å². The predicted octanol–water partition coefficient (Wildman–Crippen LogP) is 3.56. The van der Waals surface area contributed by atoms with Crippen molar-refractivity contribution in [3.8, 4) is 0 Å². The molecule has 1 heterocycles. The van der Waals surface area contributed by atoms with Crippen LogP contribution < -0.4 is 0 Å². The number of ether oxygens (including phenoxy) is 2. The van der Waals surface area contributed by atoms with Crippen LogP contribution in [0.1, 0.15) is 59.3 Å².